The Morgan fingerprint density at radius 2 is 2.00 bits per heavy atom. The predicted octanol–water partition coefficient (Wildman–Crippen LogP) is 4.29. The molecular weight excluding hydrogens is 248 g/mol. The van der Waals surface area contributed by atoms with Crippen LogP contribution in [0.15, 0.2) is 18.2 Å². The van der Waals surface area contributed by atoms with E-state index in [9.17, 15) is 0 Å². The zero-order valence-electron chi connectivity index (χ0n) is 11.5. The Labute approximate surface area is 115 Å². The summed E-state index contributed by atoms with van der Waals surface area (Å²) < 4.78 is 11.1. The summed E-state index contributed by atoms with van der Waals surface area (Å²) in [5, 5.41) is 0. The van der Waals surface area contributed by atoms with Crippen LogP contribution in [0.5, 0.6) is 11.5 Å². The molecule has 0 amide bonds. The minimum atomic E-state index is 0.600. The molecule has 0 aliphatic heterocycles. The number of benzene rings is 1. The SMILES string of the molecule is CCc1ccc(OCCC(C)CCCl)c(OC)c1. The van der Waals surface area contributed by atoms with Crippen molar-refractivity contribution in [2.24, 2.45) is 5.92 Å². The average molecular weight is 271 g/mol. The van der Waals surface area contributed by atoms with Gasteiger partial charge < -0.3 is 9.47 Å². The monoisotopic (exact) mass is 270 g/mol. The first-order chi connectivity index (χ1) is 8.71. The van der Waals surface area contributed by atoms with E-state index < -0.39 is 0 Å². The van der Waals surface area contributed by atoms with E-state index in [4.69, 9.17) is 21.1 Å². The molecule has 0 aliphatic rings. The van der Waals surface area contributed by atoms with Crippen LogP contribution < -0.4 is 9.47 Å². The fourth-order valence-corrected chi connectivity index (χ4v) is 2.12. The van der Waals surface area contributed by atoms with Crippen LogP contribution in [0.25, 0.3) is 0 Å². The van der Waals surface area contributed by atoms with Crippen LogP contribution in [0.2, 0.25) is 0 Å². The molecule has 0 heterocycles. The van der Waals surface area contributed by atoms with Crippen LogP contribution in [0, 0.1) is 5.92 Å². The van der Waals surface area contributed by atoms with E-state index in [0.29, 0.717) is 12.5 Å². The van der Waals surface area contributed by atoms with E-state index in [1.807, 2.05) is 12.1 Å². The van der Waals surface area contributed by atoms with Gasteiger partial charge in [-0.2, -0.15) is 0 Å². The standard InChI is InChI=1S/C15H23ClO2/c1-4-13-5-6-14(15(11-13)17-3)18-10-8-12(2)7-9-16/h5-6,11-12H,4,7-10H2,1-3H3. The van der Waals surface area contributed by atoms with Crippen molar-refractivity contribution >= 4 is 11.6 Å². The smallest absolute Gasteiger partial charge is 0.161 e. The summed E-state index contributed by atoms with van der Waals surface area (Å²) in [6.07, 6.45) is 3.06. The highest BCUT2D eigenvalue weighted by molar-refractivity contribution is 6.17. The summed E-state index contributed by atoms with van der Waals surface area (Å²) >= 11 is 5.71. The number of rotatable bonds is 8. The van der Waals surface area contributed by atoms with Gasteiger partial charge in [-0.05, 0) is 42.9 Å². The van der Waals surface area contributed by atoms with Gasteiger partial charge in [0.2, 0.25) is 0 Å². The number of ether oxygens (including phenoxy) is 2. The Kier molecular flexibility index (Phi) is 6.96. The third-order valence-corrected chi connectivity index (χ3v) is 3.32. The van der Waals surface area contributed by atoms with E-state index >= 15 is 0 Å². The normalized spacial score (nSPS) is 12.2. The quantitative estimate of drug-likeness (QED) is 0.656. The van der Waals surface area contributed by atoms with Crippen molar-refractivity contribution in [3.05, 3.63) is 23.8 Å². The first kappa shape index (κ1) is 15.2. The van der Waals surface area contributed by atoms with E-state index in [1.165, 1.54) is 5.56 Å². The molecule has 2 nitrogen and oxygen atoms in total. The fourth-order valence-electron chi connectivity index (χ4n) is 1.75. The van der Waals surface area contributed by atoms with Crippen LogP contribution >= 0.6 is 11.6 Å². The lowest BCUT2D eigenvalue weighted by molar-refractivity contribution is 0.267. The lowest BCUT2D eigenvalue weighted by Crippen LogP contribution is -2.05. The van der Waals surface area contributed by atoms with Gasteiger partial charge in [0.15, 0.2) is 11.5 Å². The van der Waals surface area contributed by atoms with Gasteiger partial charge in [-0.1, -0.05) is 19.9 Å². The third kappa shape index (κ3) is 4.77. The highest BCUT2D eigenvalue weighted by atomic mass is 35.5. The van der Waals surface area contributed by atoms with E-state index in [2.05, 4.69) is 19.9 Å². The number of hydrogen-bond donors (Lipinski definition) is 0. The maximum absolute atomic E-state index is 5.78. The predicted molar refractivity (Wildman–Crippen MR) is 77.0 cm³/mol. The maximum Gasteiger partial charge on any atom is 0.161 e. The highest BCUT2D eigenvalue weighted by Gasteiger charge is 2.06. The first-order valence-electron chi connectivity index (χ1n) is 6.56. The summed E-state index contributed by atoms with van der Waals surface area (Å²) in [7, 11) is 1.68. The number of alkyl halides is 1. The number of halogens is 1. The van der Waals surface area contributed by atoms with Gasteiger partial charge in [0.25, 0.3) is 0 Å². The molecule has 1 atom stereocenters. The zero-order valence-corrected chi connectivity index (χ0v) is 12.3. The molecule has 0 spiro atoms. The lowest BCUT2D eigenvalue weighted by Gasteiger charge is -2.14. The Morgan fingerprint density at radius 1 is 1.22 bits per heavy atom. The number of aryl methyl sites for hydroxylation is 1. The molecule has 1 aromatic rings. The molecule has 1 unspecified atom stereocenters. The summed E-state index contributed by atoms with van der Waals surface area (Å²) in [5.41, 5.74) is 1.26. The number of methoxy groups -OCH3 is 1. The molecule has 0 aliphatic carbocycles. The molecule has 1 rings (SSSR count). The second-order valence-corrected chi connectivity index (χ2v) is 4.94. The van der Waals surface area contributed by atoms with Crippen molar-refractivity contribution in [1.82, 2.24) is 0 Å². The molecule has 0 fully saturated rings. The van der Waals surface area contributed by atoms with Gasteiger partial charge in [-0.15, -0.1) is 11.6 Å². The molecule has 0 N–H and O–H groups in total. The molecule has 0 saturated heterocycles. The molecule has 0 saturated carbocycles. The van der Waals surface area contributed by atoms with Crippen LogP contribution in [-0.2, 0) is 6.42 Å². The van der Waals surface area contributed by atoms with Gasteiger partial charge in [-0.25, -0.2) is 0 Å². The molecule has 0 aromatic heterocycles. The third-order valence-electron chi connectivity index (χ3n) is 3.11. The van der Waals surface area contributed by atoms with Crippen LogP contribution in [0.3, 0.4) is 0 Å². The van der Waals surface area contributed by atoms with Crippen LogP contribution in [0.1, 0.15) is 32.3 Å². The molecular formula is C15H23ClO2. The van der Waals surface area contributed by atoms with Crippen molar-refractivity contribution in [3.8, 4) is 11.5 Å². The molecule has 1 aromatic carbocycles. The second kappa shape index (κ2) is 8.25. The fraction of sp³-hybridized carbons (Fsp3) is 0.600. The summed E-state index contributed by atoms with van der Waals surface area (Å²) in [4.78, 5) is 0. The van der Waals surface area contributed by atoms with Crippen LogP contribution in [0.4, 0.5) is 0 Å². The summed E-state index contributed by atoms with van der Waals surface area (Å²) in [6.45, 7) is 5.03. The topological polar surface area (TPSA) is 18.5 Å². The van der Waals surface area contributed by atoms with E-state index in [-0.39, 0.29) is 0 Å². The van der Waals surface area contributed by atoms with Gasteiger partial charge in [0.1, 0.15) is 0 Å². The zero-order chi connectivity index (χ0) is 13.4. The second-order valence-electron chi connectivity index (χ2n) is 4.56. The minimum absolute atomic E-state index is 0.600. The molecule has 0 radical (unpaired) electrons. The number of hydrogen-bond acceptors (Lipinski definition) is 2. The van der Waals surface area contributed by atoms with E-state index in [1.54, 1.807) is 7.11 Å². The molecule has 102 valence electrons. The largest absolute Gasteiger partial charge is 0.493 e. The van der Waals surface area contributed by atoms with Crippen molar-refractivity contribution in [2.45, 2.75) is 33.1 Å². The van der Waals surface area contributed by atoms with Crippen molar-refractivity contribution < 1.29 is 9.47 Å². The van der Waals surface area contributed by atoms with Crippen molar-refractivity contribution in [2.75, 3.05) is 19.6 Å². The Hall–Kier alpha value is -0.890. The van der Waals surface area contributed by atoms with Gasteiger partial charge in [0, 0.05) is 5.88 Å². The van der Waals surface area contributed by atoms with Crippen molar-refractivity contribution in [3.63, 3.8) is 0 Å². The molecule has 3 heteroatoms. The van der Waals surface area contributed by atoms with Gasteiger partial charge in [-0.3, -0.25) is 0 Å². The summed E-state index contributed by atoms with van der Waals surface area (Å²) in [6, 6.07) is 6.11. The van der Waals surface area contributed by atoms with Gasteiger partial charge in [0.05, 0.1) is 13.7 Å². The first-order valence-corrected chi connectivity index (χ1v) is 7.10. The van der Waals surface area contributed by atoms with E-state index in [0.717, 1.165) is 36.6 Å². The maximum atomic E-state index is 5.78. The van der Waals surface area contributed by atoms with Crippen molar-refractivity contribution in [1.29, 1.82) is 0 Å². The lowest BCUT2D eigenvalue weighted by atomic mass is 10.1. The summed E-state index contributed by atoms with van der Waals surface area (Å²) in [5.74, 6) is 2.96. The highest BCUT2D eigenvalue weighted by Crippen LogP contribution is 2.28. The molecule has 18 heavy (non-hydrogen) atoms. The van der Waals surface area contributed by atoms with Gasteiger partial charge >= 0.3 is 0 Å². The Morgan fingerprint density at radius 3 is 2.61 bits per heavy atom. The Balaban J connectivity index is 2.51. The minimum Gasteiger partial charge on any atom is -0.493 e. The average Bonchev–Trinajstić information content (AvgIpc) is 2.39. The van der Waals surface area contributed by atoms with Crippen LogP contribution in [-0.4, -0.2) is 19.6 Å². The Bertz CT molecular complexity index is 352. The molecule has 0 bridgehead atoms.